The Hall–Kier alpha value is -2.70. The number of aryl methyl sites for hydroxylation is 1. The van der Waals surface area contributed by atoms with Crippen LogP contribution in [0.5, 0.6) is 0 Å². The van der Waals surface area contributed by atoms with Crippen LogP contribution in [-0.4, -0.2) is 57.4 Å². The number of hydrogen-bond acceptors (Lipinski definition) is 5. The fourth-order valence-electron chi connectivity index (χ4n) is 3.25. The van der Waals surface area contributed by atoms with Crippen LogP contribution in [0, 0.1) is 6.92 Å². The van der Waals surface area contributed by atoms with Gasteiger partial charge in [0.2, 0.25) is 11.8 Å². The zero-order valence-corrected chi connectivity index (χ0v) is 15.4. The number of carbonyl (C=O) groups excluding carboxylic acids is 2. The Morgan fingerprint density at radius 1 is 1.23 bits per heavy atom. The van der Waals surface area contributed by atoms with Crippen LogP contribution < -0.4 is 0 Å². The molecule has 0 aliphatic carbocycles. The van der Waals surface area contributed by atoms with Crippen molar-refractivity contribution in [3.05, 3.63) is 35.7 Å². The van der Waals surface area contributed by atoms with E-state index in [0.717, 1.165) is 11.1 Å². The summed E-state index contributed by atoms with van der Waals surface area (Å²) in [4.78, 5) is 32.4. The lowest BCUT2D eigenvalue weighted by Crippen LogP contribution is -2.55. The van der Waals surface area contributed by atoms with Gasteiger partial charge < -0.3 is 14.3 Å². The molecule has 2 aromatic rings. The van der Waals surface area contributed by atoms with Crippen molar-refractivity contribution in [3.63, 3.8) is 0 Å². The number of aromatic nitrogens is 2. The lowest BCUT2D eigenvalue weighted by molar-refractivity contribution is -0.142. The first-order valence-corrected chi connectivity index (χ1v) is 8.95. The maximum Gasteiger partial charge on any atom is 0.258 e. The van der Waals surface area contributed by atoms with Crippen molar-refractivity contribution in [1.82, 2.24) is 19.9 Å². The molecule has 1 aliphatic rings. The van der Waals surface area contributed by atoms with Crippen LogP contribution in [0.4, 0.5) is 0 Å². The average Bonchev–Trinajstić information content (AvgIpc) is 3.09. The first-order valence-electron chi connectivity index (χ1n) is 8.95. The van der Waals surface area contributed by atoms with Gasteiger partial charge in [0.25, 0.3) is 5.89 Å². The van der Waals surface area contributed by atoms with Gasteiger partial charge in [-0.2, -0.15) is 4.98 Å². The van der Waals surface area contributed by atoms with Crippen molar-refractivity contribution >= 4 is 11.8 Å². The molecule has 0 radical (unpaired) electrons. The molecule has 7 heteroatoms. The average molecular weight is 356 g/mol. The molecular formula is C19H24N4O3. The minimum atomic E-state index is -0.0439. The van der Waals surface area contributed by atoms with Crippen molar-refractivity contribution in [1.29, 1.82) is 0 Å². The summed E-state index contributed by atoms with van der Waals surface area (Å²) in [6.07, 6.45) is 0.590. The van der Waals surface area contributed by atoms with Crippen molar-refractivity contribution < 1.29 is 14.1 Å². The number of hydrogen-bond donors (Lipinski definition) is 0. The Kier molecular flexibility index (Phi) is 5.35. The summed E-state index contributed by atoms with van der Waals surface area (Å²) in [6.45, 7) is 7.44. The van der Waals surface area contributed by atoms with E-state index < -0.39 is 0 Å². The molecule has 26 heavy (non-hydrogen) atoms. The molecule has 1 saturated heterocycles. The van der Waals surface area contributed by atoms with Crippen LogP contribution in [-0.2, 0) is 16.0 Å². The highest BCUT2D eigenvalue weighted by Crippen LogP contribution is 2.21. The van der Waals surface area contributed by atoms with E-state index in [1.54, 1.807) is 4.90 Å². The van der Waals surface area contributed by atoms with Gasteiger partial charge >= 0.3 is 0 Å². The Bertz CT molecular complexity index is 802. The van der Waals surface area contributed by atoms with E-state index in [-0.39, 0.29) is 24.3 Å². The molecule has 7 nitrogen and oxygen atoms in total. The highest BCUT2D eigenvalue weighted by atomic mass is 16.5. The van der Waals surface area contributed by atoms with Gasteiger partial charge in [-0.25, -0.2) is 0 Å². The summed E-state index contributed by atoms with van der Waals surface area (Å²) in [5.74, 6) is 0.897. The molecule has 2 heterocycles. The molecule has 0 bridgehead atoms. The second-order valence-electron chi connectivity index (χ2n) is 6.64. The van der Waals surface area contributed by atoms with Crippen molar-refractivity contribution in [2.45, 2.75) is 39.7 Å². The Morgan fingerprint density at radius 2 is 2.00 bits per heavy atom. The lowest BCUT2D eigenvalue weighted by Gasteiger charge is -2.39. The van der Waals surface area contributed by atoms with Crippen LogP contribution in [0.1, 0.15) is 31.7 Å². The summed E-state index contributed by atoms with van der Waals surface area (Å²) in [5, 5.41) is 3.95. The minimum absolute atomic E-state index is 0.0212. The van der Waals surface area contributed by atoms with Crippen LogP contribution in [0.3, 0.4) is 0 Å². The molecular weight excluding hydrogens is 332 g/mol. The normalized spacial score (nSPS) is 17.4. The van der Waals surface area contributed by atoms with Crippen LogP contribution in [0.15, 0.2) is 28.8 Å². The Labute approximate surface area is 153 Å². The molecule has 0 spiro atoms. The van der Waals surface area contributed by atoms with Gasteiger partial charge in [0, 0.05) is 37.7 Å². The van der Waals surface area contributed by atoms with Crippen LogP contribution in [0.2, 0.25) is 0 Å². The van der Waals surface area contributed by atoms with Gasteiger partial charge in [-0.15, -0.1) is 0 Å². The van der Waals surface area contributed by atoms with E-state index in [1.807, 2.05) is 49.9 Å². The third kappa shape index (κ3) is 3.76. The first-order chi connectivity index (χ1) is 12.5. The summed E-state index contributed by atoms with van der Waals surface area (Å²) < 4.78 is 5.32. The molecule has 1 atom stereocenters. The number of rotatable bonds is 4. The number of nitrogens with zero attached hydrogens (tertiary/aromatic N) is 4. The highest BCUT2D eigenvalue weighted by molar-refractivity contribution is 5.79. The molecule has 1 fully saturated rings. The predicted octanol–water partition coefficient (Wildman–Crippen LogP) is 2.06. The summed E-state index contributed by atoms with van der Waals surface area (Å²) in [5.41, 5.74) is 1.92. The van der Waals surface area contributed by atoms with Gasteiger partial charge in [0.15, 0.2) is 5.82 Å². The topological polar surface area (TPSA) is 79.5 Å². The second kappa shape index (κ2) is 7.68. The molecule has 1 aromatic heterocycles. The Morgan fingerprint density at radius 3 is 2.69 bits per heavy atom. The smallest absolute Gasteiger partial charge is 0.258 e. The zero-order chi connectivity index (χ0) is 18.7. The largest absolute Gasteiger partial charge is 0.338 e. The van der Waals surface area contributed by atoms with Crippen molar-refractivity contribution in [2.75, 3.05) is 19.6 Å². The quantitative estimate of drug-likeness (QED) is 0.838. The second-order valence-corrected chi connectivity index (χ2v) is 6.64. The fourth-order valence-corrected chi connectivity index (χ4v) is 3.25. The number of carbonyl (C=O) groups is 2. The van der Waals surface area contributed by atoms with Gasteiger partial charge in [0.1, 0.15) is 0 Å². The van der Waals surface area contributed by atoms with E-state index in [0.29, 0.717) is 37.8 Å². The third-order valence-electron chi connectivity index (χ3n) is 4.76. The molecule has 0 N–H and O–H groups in total. The van der Waals surface area contributed by atoms with Gasteiger partial charge in [-0.1, -0.05) is 30.3 Å². The monoisotopic (exact) mass is 356 g/mol. The first kappa shape index (κ1) is 18.1. The molecule has 1 aliphatic heterocycles. The molecule has 0 saturated carbocycles. The zero-order valence-electron chi connectivity index (χ0n) is 15.4. The SMILES string of the molecule is CCC(=O)N1CCN(C(=O)Cc2noc(-c3ccccc3C)n2)CC1C. The summed E-state index contributed by atoms with van der Waals surface area (Å²) in [6, 6.07) is 7.77. The van der Waals surface area contributed by atoms with Gasteiger partial charge in [0.05, 0.1) is 6.42 Å². The minimum Gasteiger partial charge on any atom is -0.338 e. The summed E-state index contributed by atoms with van der Waals surface area (Å²) in [7, 11) is 0. The van der Waals surface area contributed by atoms with E-state index in [2.05, 4.69) is 10.1 Å². The van der Waals surface area contributed by atoms with E-state index in [4.69, 9.17) is 4.52 Å². The van der Waals surface area contributed by atoms with Gasteiger partial charge in [-0.3, -0.25) is 9.59 Å². The predicted molar refractivity (Wildman–Crippen MR) is 96.2 cm³/mol. The van der Waals surface area contributed by atoms with Crippen LogP contribution >= 0.6 is 0 Å². The van der Waals surface area contributed by atoms with E-state index in [1.165, 1.54) is 0 Å². The lowest BCUT2D eigenvalue weighted by atomic mass is 10.1. The molecule has 3 rings (SSSR count). The van der Waals surface area contributed by atoms with Crippen LogP contribution in [0.25, 0.3) is 11.5 Å². The maximum atomic E-state index is 12.6. The third-order valence-corrected chi connectivity index (χ3v) is 4.76. The number of piperazine rings is 1. The number of amides is 2. The highest BCUT2D eigenvalue weighted by Gasteiger charge is 2.29. The van der Waals surface area contributed by atoms with Gasteiger partial charge in [-0.05, 0) is 25.5 Å². The summed E-state index contributed by atoms with van der Waals surface area (Å²) >= 11 is 0. The van der Waals surface area contributed by atoms with E-state index in [9.17, 15) is 9.59 Å². The number of benzene rings is 1. The van der Waals surface area contributed by atoms with Crippen molar-refractivity contribution in [3.8, 4) is 11.5 Å². The molecule has 2 amide bonds. The fraction of sp³-hybridized carbons (Fsp3) is 0.474. The molecule has 138 valence electrons. The maximum absolute atomic E-state index is 12.6. The molecule has 1 aromatic carbocycles. The van der Waals surface area contributed by atoms with Crippen molar-refractivity contribution in [2.24, 2.45) is 0 Å². The van der Waals surface area contributed by atoms with E-state index >= 15 is 0 Å². The Balaban J connectivity index is 1.63. The molecule has 1 unspecified atom stereocenters. The standard InChI is InChI=1S/C19H24N4O3/c1-4-17(24)23-10-9-22(12-14(23)3)18(25)11-16-20-19(26-21-16)15-8-6-5-7-13(15)2/h5-8,14H,4,9-12H2,1-3H3.